The number of aliphatic imine (C=N–C) groups is 2. The van der Waals surface area contributed by atoms with Gasteiger partial charge in [-0.05, 0) is 42.2 Å². The van der Waals surface area contributed by atoms with Gasteiger partial charge in [0.25, 0.3) is 0 Å². The molecule has 0 radical (unpaired) electrons. The lowest BCUT2D eigenvalue weighted by atomic mass is 9.98. The first-order valence-corrected chi connectivity index (χ1v) is 12.2. The molecule has 2 amide bonds. The summed E-state index contributed by atoms with van der Waals surface area (Å²) in [6.07, 6.45) is 1.34. The van der Waals surface area contributed by atoms with E-state index in [4.69, 9.17) is 24.2 Å². The van der Waals surface area contributed by atoms with Gasteiger partial charge in [-0.15, -0.1) is 11.8 Å². The van der Waals surface area contributed by atoms with Crippen molar-refractivity contribution in [2.24, 2.45) is 9.98 Å². The first-order chi connectivity index (χ1) is 16.5. The molecule has 0 atom stereocenters. The average molecular weight is 483 g/mol. The van der Waals surface area contributed by atoms with Gasteiger partial charge in [0, 0.05) is 37.6 Å². The molecule has 2 aromatic carbocycles. The Morgan fingerprint density at radius 3 is 2.29 bits per heavy atom. The zero-order valence-corrected chi connectivity index (χ0v) is 20.8. The lowest BCUT2D eigenvalue weighted by molar-refractivity contribution is 0.175. The van der Waals surface area contributed by atoms with Crippen molar-refractivity contribution in [3.05, 3.63) is 48.0 Å². The number of carbonyl (C=O) groups is 1. The van der Waals surface area contributed by atoms with E-state index in [1.807, 2.05) is 24.3 Å². The van der Waals surface area contributed by atoms with E-state index >= 15 is 0 Å². The van der Waals surface area contributed by atoms with Crippen LogP contribution >= 0.6 is 11.8 Å². The summed E-state index contributed by atoms with van der Waals surface area (Å²) >= 11 is 1.71. The molecule has 34 heavy (non-hydrogen) atoms. The van der Waals surface area contributed by atoms with Crippen molar-refractivity contribution >= 4 is 34.2 Å². The molecule has 0 bridgehead atoms. The molecule has 9 heteroatoms. The highest BCUT2D eigenvalue weighted by molar-refractivity contribution is 8.15. The number of likely N-dealkylation sites (tertiary alicyclic amines) is 1. The zero-order valence-electron chi connectivity index (χ0n) is 20.0. The number of anilines is 1. The minimum Gasteiger partial charge on any atom is -0.497 e. The Balaban J connectivity index is 1.47. The normalized spacial score (nSPS) is 16.6. The number of benzene rings is 2. The van der Waals surface area contributed by atoms with Gasteiger partial charge in [-0.2, -0.15) is 0 Å². The first-order valence-electron chi connectivity index (χ1n) is 11.3. The number of methoxy groups -OCH3 is 3. The highest BCUT2D eigenvalue weighted by atomic mass is 32.2. The lowest BCUT2D eigenvalue weighted by Crippen LogP contribution is -2.46. The molecule has 2 aliphatic heterocycles. The molecular weight excluding hydrogens is 452 g/mol. The maximum atomic E-state index is 13.0. The van der Waals surface area contributed by atoms with Crippen LogP contribution in [-0.2, 0) is 0 Å². The summed E-state index contributed by atoms with van der Waals surface area (Å²) in [5.74, 6) is 2.96. The van der Waals surface area contributed by atoms with Gasteiger partial charge in [-0.25, -0.2) is 9.79 Å². The van der Waals surface area contributed by atoms with Crippen molar-refractivity contribution in [1.82, 2.24) is 4.90 Å². The maximum absolute atomic E-state index is 13.0. The van der Waals surface area contributed by atoms with Crippen LogP contribution in [0.3, 0.4) is 0 Å². The molecule has 180 valence electrons. The Hall–Kier alpha value is -3.20. The molecule has 8 nitrogen and oxygen atoms in total. The van der Waals surface area contributed by atoms with Crippen LogP contribution in [0.15, 0.2) is 52.4 Å². The number of hydrogen-bond donors (Lipinski definition) is 1. The number of thioether (sulfide) groups is 1. The van der Waals surface area contributed by atoms with Gasteiger partial charge in [0.15, 0.2) is 5.66 Å². The molecule has 1 fully saturated rings. The summed E-state index contributed by atoms with van der Waals surface area (Å²) in [6.45, 7) is 3.24. The summed E-state index contributed by atoms with van der Waals surface area (Å²) in [5.41, 5.74) is 2.01. The standard InChI is InChI=1S/C25H30N4O4S/c1-5-34-23-22(17-6-8-18(31-2)9-7-17)27-25(28-23)12-14-29(15-13-25)24(30)26-20-16-19(32-3)10-11-21(20)33-4/h6-11,16H,5,12-15H2,1-4H3,(H,26,30). The Bertz CT molecular complexity index is 1090. The maximum Gasteiger partial charge on any atom is 0.321 e. The summed E-state index contributed by atoms with van der Waals surface area (Å²) in [5, 5.41) is 3.92. The lowest BCUT2D eigenvalue weighted by Gasteiger charge is -2.35. The summed E-state index contributed by atoms with van der Waals surface area (Å²) < 4.78 is 15.9. The summed E-state index contributed by atoms with van der Waals surface area (Å²) in [6, 6.07) is 13.1. The number of urea groups is 1. The number of piperidine rings is 1. The molecule has 2 aromatic rings. The molecule has 0 saturated carbocycles. The van der Waals surface area contributed by atoms with Crippen molar-refractivity contribution in [1.29, 1.82) is 0 Å². The van der Waals surface area contributed by atoms with Gasteiger partial charge < -0.3 is 24.4 Å². The average Bonchev–Trinajstić information content (AvgIpc) is 3.22. The van der Waals surface area contributed by atoms with Crippen LogP contribution in [0.25, 0.3) is 0 Å². The van der Waals surface area contributed by atoms with Crippen LogP contribution in [-0.4, -0.2) is 67.5 Å². The van der Waals surface area contributed by atoms with Crippen LogP contribution in [0.1, 0.15) is 25.3 Å². The molecule has 0 aromatic heterocycles. The quantitative estimate of drug-likeness (QED) is 0.646. The van der Waals surface area contributed by atoms with Crippen LogP contribution < -0.4 is 19.5 Å². The van der Waals surface area contributed by atoms with Crippen molar-refractivity contribution in [2.45, 2.75) is 25.4 Å². The van der Waals surface area contributed by atoms with Crippen LogP contribution in [0.4, 0.5) is 10.5 Å². The topological polar surface area (TPSA) is 84.8 Å². The van der Waals surface area contributed by atoms with Crippen LogP contribution in [0.2, 0.25) is 0 Å². The second-order valence-corrected chi connectivity index (χ2v) is 9.26. The van der Waals surface area contributed by atoms with Crippen LogP contribution in [0, 0.1) is 0 Å². The van der Waals surface area contributed by atoms with E-state index in [9.17, 15) is 4.79 Å². The van der Waals surface area contributed by atoms with Crippen LogP contribution in [0.5, 0.6) is 17.2 Å². The Morgan fingerprint density at radius 2 is 1.68 bits per heavy atom. The predicted molar refractivity (Wildman–Crippen MR) is 137 cm³/mol. The van der Waals surface area contributed by atoms with E-state index in [2.05, 4.69) is 12.2 Å². The highest BCUT2D eigenvalue weighted by Gasteiger charge is 2.40. The third-order valence-corrected chi connectivity index (χ3v) is 6.82. The molecule has 0 aliphatic carbocycles. The number of hydrogen-bond acceptors (Lipinski definition) is 7. The fourth-order valence-electron chi connectivity index (χ4n) is 4.09. The van der Waals surface area contributed by atoms with Gasteiger partial charge in [-0.1, -0.05) is 6.92 Å². The van der Waals surface area contributed by atoms with Crippen molar-refractivity contribution < 1.29 is 19.0 Å². The SMILES string of the molecule is CCSC1=NC2(CCN(C(=O)Nc3cc(OC)ccc3OC)CC2)N=C1c1ccc(OC)cc1. The molecule has 0 unspecified atom stereocenters. The summed E-state index contributed by atoms with van der Waals surface area (Å²) in [4.78, 5) is 24.9. The third kappa shape index (κ3) is 4.99. The van der Waals surface area contributed by atoms with E-state index in [1.165, 1.54) is 0 Å². The van der Waals surface area contributed by atoms with E-state index in [0.717, 1.165) is 27.8 Å². The van der Waals surface area contributed by atoms with E-state index in [0.29, 0.717) is 43.1 Å². The van der Waals surface area contributed by atoms with Gasteiger partial charge in [0.05, 0.1) is 32.7 Å². The monoisotopic (exact) mass is 482 g/mol. The fourth-order valence-corrected chi connectivity index (χ4v) is 4.90. The summed E-state index contributed by atoms with van der Waals surface area (Å²) in [7, 11) is 4.82. The van der Waals surface area contributed by atoms with E-state index in [-0.39, 0.29) is 6.03 Å². The minimum atomic E-state index is -0.517. The smallest absolute Gasteiger partial charge is 0.321 e. The minimum absolute atomic E-state index is 0.175. The number of nitrogens with zero attached hydrogens (tertiary/aromatic N) is 3. The van der Waals surface area contributed by atoms with Gasteiger partial charge >= 0.3 is 6.03 Å². The highest BCUT2D eigenvalue weighted by Crippen LogP contribution is 2.36. The fraction of sp³-hybridized carbons (Fsp3) is 0.400. The number of rotatable bonds is 6. The van der Waals surface area contributed by atoms with Crippen molar-refractivity contribution in [2.75, 3.05) is 45.5 Å². The Morgan fingerprint density at radius 1 is 1.00 bits per heavy atom. The molecule has 1 spiro atoms. The second kappa shape index (κ2) is 10.4. The Kier molecular flexibility index (Phi) is 7.31. The van der Waals surface area contributed by atoms with E-state index in [1.54, 1.807) is 56.2 Å². The number of carbonyl (C=O) groups excluding carboxylic acids is 1. The van der Waals surface area contributed by atoms with Crippen molar-refractivity contribution in [3.63, 3.8) is 0 Å². The third-order valence-electron chi connectivity index (χ3n) is 5.98. The molecule has 1 N–H and O–H groups in total. The molecule has 2 aliphatic rings. The molecular formula is C25H30N4O4S. The predicted octanol–water partition coefficient (Wildman–Crippen LogP) is 4.69. The van der Waals surface area contributed by atoms with Crippen molar-refractivity contribution in [3.8, 4) is 17.2 Å². The van der Waals surface area contributed by atoms with Gasteiger partial charge in [0.2, 0.25) is 0 Å². The molecule has 4 rings (SSSR count). The number of ether oxygens (including phenoxy) is 3. The number of nitrogens with one attached hydrogen (secondary N) is 1. The van der Waals surface area contributed by atoms with Gasteiger partial charge in [0.1, 0.15) is 22.3 Å². The number of amides is 2. The Labute approximate surface area is 204 Å². The second-order valence-electron chi connectivity index (χ2n) is 8.00. The zero-order chi connectivity index (χ0) is 24.1. The van der Waals surface area contributed by atoms with Gasteiger partial charge in [-0.3, -0.25) is 4.99 Å². The van der Waals surface area contributed by atoms with E-state index < -0.39 is 5.66 Å². The first kappa shape index (κ1) is 23.9. The largest absolute Gasteiger partial charge is 0.497 e. The molecule has 2 heterocycles. The molecule has 1 saturated heterocycles.